The van der Waals surface area contributed by atoms with Gasteiger partial charge in [-0.25, -0.2) is 4.79 Å². The Balaban J connectivity index is 1.24. The first kappa shape index (κ1) is 20.4. The molecule has 0 spiro atoms. The maximum Gasteiger partial charge on any atom is 0.327 e. The van der Waals surface area contributed by atoms with Crippen LogP contribution in [0.2, 0.25) is 0 Å². The molecule has 0 radical (unpaired) electrons. The number of nitrogens with one attached hydrogen (secondary N) is 1. The molecule has 1 aromatic carbocycles. The molecule has 0 bridgehead atoms. The maximum absolute atomic E-state index is 12.7. The Morgan fingerprint density at radius 3 is 2.47 bits per heavy atom. The molecule has 1 saturated carbocycles. The van der Waals surface area contributed by atoms with Gasteiger partial charge in [0, 0.05) is 38.4 Å². The van der Waals surface area contributed by atoms with Gasteiger partial charge in [0.05, 0.1) is 0 Å². The summed E-state index contributed by atoms with van der Waals surface area (Å²) in [4.78, 5) is 51.4. The van der Waals surface area contributed by atoms with E-state index in [2.05, 4.69) is 5.32 Å². The lowest BCUT2D eigenvalue weighted by Gasteiger charge is -2.29. The SMILES string of the molecule is O=C(CCN1C(=O)[C@@H]2Cc3ccccc3CN2C1=O)NCC1CCC(C(=O)[O-])CC1. The van der Waals surface area contributed by atoms with E-state index >= 15 is 0 Å². The van der Waals surface area contributed by atoms with E-state index < -0.39 is 12.0 Å². The fraction of sp³-hybridized carbons (Fsp3) is 0.545. The number of hydrogen-bond donors (Lipinski definition) is 1. The quantitative estimate of drug-likeness (QED) is 0.682. The van der Waals surface area contributed by atoms with Gasteiger partial charge < -0.3 is 20.1 Å². The van der Waals surface area contributed by atoms with Crippen LogP contribution in [0.15, 0.2) is 24.3 Å². The Morgan fingerprint density at radius 1 is 1.07 bits per heavy atom. The van der Waals surface area contributed by atoms with Gasteiger partial charge in [-0.15, -0.1) is 0 Å². The summed E-state index contributed by atoms with van der Waals surface area (Å²) in [6.45, 7) is 0.984. The molecule has 8 heteroatoms. The summed E-state index contributed by atoms with van der Waals surface area (Å²) in [5, 5.41) is 13.8. The van der Waals surface area contributed by atoms with Crippen molar-refractivity contribution in [2.75, 3.05) is 13.1 Å². The lowest BCUT2D eigenvalue weighted by atomic mass is 9.82. The van der Waals surface area contributed by atoms with Crippen molar-refractivity contribution in [3.8, 4) is 0 Å². The maximum atomic E-state index is 12.7. The third kappa shape index (κ3) is 4.04. The highest BCUT2D eigenvalue weighted by Crippen LogP contribution is 2.30. The summed E-state index contributed by atoms with van der Waals surface area (Å²) in [6, 6.07) is 7.01. The number of carbonyl (C=O) groups excluding carboxylic acids is 4. The predicted octanol–water partition coefficient (Wildman–Crippen LogP) is 0.438. The highest BCUT2D eigenvalue weighted by Gasteiger charge is 2.46. The molecule has 1 aromatic rings. The van der Waals surface area contributed by atoms with Gasteiger partial charge in [0.25, 0.3) is 5.91 Å². The molecule has 1 aliphatic carbocycles. The summed E-state index contributed by atoms with van der Waals surface area (Å²) in [7, 11) is 0. The third-order valence-corrected chi connectivity index (χ3v) is 6.61. The summed E-state index contributed by atoms with van der Waals surface area (Å²) in [5.41, 5.74) is 2.15. The van der Waals surface area contributed by atoms with E-state index in [1.165, 1.54) is 4.90 Å². The number of imide groups is 1. The van der Waals surface area contributed by atoms with Crippen molar-refractivity contribution < 1.29 is 24.3 Å². The van der Waals surface area contributed by atoms with Crippen molar-refractivity contribution in [2.45, 2.75) is 51.1 Å². The third-order valence-electron chi connectivity index (χ3n) is 6.61. The average Bonchev–Trinajstić information content (AvgIpc) is 2.98. The Bertz CT molecular complexity index is 819. The van der Waals surface area contributed by atoms with E-state index in [9.17, 15) is 24.3 Å². The van der Waals surface area contributed by atoms with E-state index in [-0.39, 0.29) is 42.6 Å². The molecular weight excluding hydrogens is 386 g/mol. The van der Waals surface area contributed by atoms with Crippen molar-refractivity contribution >= 4 is 23.8 Å². The first-order valence-corrected chi connectivity index (χ1v) is 10.6. The van der Waals surface area contributed by atoms with E-state index in [0.717, 1.165) is 24.0 Å². The number of benzene rings is 1. The van der Waals surface area contributed by atoms with E-state index in [1.807, 2.05) is 24.3 Å². The molecule has 4 rings (SSSR count). The van der Waals surface area contributed by atoms with Crippen LogP contribution in [0, 0.1) is 11.8 Å². The Hall–Kier alpha value is -2.90. The van der Waals surface area contributed by atoms with Crippen molar-refractivity contribution in [2.24, 2.45) is 11.8 Å². The van der Waals surface area contributed by atoms with Gasteiger partial charge in [0.15, 0.2) is 0 Å². The molecule has 30 heavy (non-hydrogen) atoms. The van der Waals surface area contributed by atoms with Crippen LogP contribution in [0.3, 0.4) is 0 Å². The summed E-state index contributed by atoms with van der Waals surface area (Å²) in [5.74, 6) is -1.55. The van der Waals surface area contributed by atoms with Crippen molar-refractivity contribution in [1.82, 2.24) is 15.1 Å². The highest BCUT2D eigenvalue weighted by atomic mass is 16.4. The van der Waals surface area contributed by atoms with Crippen molar-refractivity contribution in [1.29, 1.82) is 0 Å². The molecule has 2 fully saturated rings. The van der Waals surface area contributed by atoms with Gasteiger partial charge >= 0.3 is 6.03 Å². The number of carboxylic acid groups (broad SMARTS) is 1. The zero-order valence-corrected chi connectivity index (χ0v) is 16.8. The van der Waals surface area contributed by atoms with Crippen LogP contribution in [-0.2, 0) is 27.3 Å². The number of carbonyl (C=O) groups is 4. The topological polar surface area (TPSA) is 110 Å². The Morgan fingerprint density at radius 2 is 1.77 bits per heavy atom. The monoisotopic (exact) mass is 412 g/mol. The normalized spacial score (nSPS) is 25.7. The Kier molecular flexibility index (Phi) is 5.74. The zero-order chi connectivity index (χ0) is 21.3. The molecule has 2 heterocycles. The van der Waals surface area contributed by atoms with Gasteiger partial charge in [0.2, 0.25) is 5.91 Å². The average molecular weight is 412 g/mol. The minimum atomic E-state index is -0.989. The number of carboxylic acids is 1. The molecule has 1 saturated heterocycles. The first-order valence-electron chi connectivity index (χ1n) is 10.6. The molecule has 1 atom stereocenters. The van der Waals surface area contributed by atoms with Crippen LogP contribution < -0.4 is 10.4 Å². The lowest BCUT2D eigenvalue weighted by molar-refractivity contribution is -0.312. The minimum absolute atomic E-state index is 0.0688. The van der Waals surface area contributed by atoms with E-state index in [4.69, 9.17) is 0 Å². The van der Waals surface area contributed by atoms with Crippen LogP contribution in [0.25, 0.3) is 0 Å². The Labute approximate surface area is 175 Å². The number of nitrogens with zero attached hydrogens (tertiary/aromatic N) is 2. The molecule has 2 aliphatic heterocycles. The van der Waals surface area contributed by atoms with Crippen LogP contribution in [0.5, 0.6) is 0 Å². The first-order chi connectivity index (χ1) is 14.4. The van der Waals surface area contributed by atoms with Crippen LogP contribution >= 0.6 is 0 Å². The number of urea groups is 1. The van der Waals surface area contributed by atoms with Gasteiger partial charge in [-0.2, -0.15) is 0 Å². The number of fused-ring (bicyclic) bond motifs is 2. The smallest absolute Gasteiger partial charge is 0.327 e. The molecule has 3 aliphatic rings. The zero-order valence-electron chi connectivity index (χ0n) is 16.8. The highest BCUT2D eigenvalue weighted by molar-refractivity contribution is 6.04. The molecule has 4 amide bonds. The van der Waals surface area contributed by atoms with Crippen molar-refractivity contribution in [3.63, 3.8) is 0 Å². The van der Waals surface area contributed by atoms with E-state index in [0.29, 0.717) is 32.4 Å². The number of aliphatic carboxylic acids is 1. The molecule has 8 nitrogen and oxygen atoms in total. The molecule has 160 valence electrons. The molecule has 1 N–H and O–H groups in total. The second-order valence-corrected chi connectivity index (χ2v) is 8.48. The minimum Gasteiger partial charge on any atom is -0.550 e. The fourth-order valence-electron chi connectivity index (χ4n) is 4.74. The molecular formula is C22H26N3O5-. The largest absolute Gasteiger partial charge is 0.550 e. The van der Waals surface area contributed by atoms with Gasteiger partial charge in [0.1, 0.15) is 6.04 Å². The van der Waals surface area contributed by atoms with Gasteiger partial charge in [-0.05, 0) is 48.6 Å². The number of rotatable bonds is 6. The van der Waals surface area contributed by atoms with Gasteiger partial charge in [-0.1, -0.05) is 24.3 Å². The predicted molar refractivity (Wildman–Crippen MR) is 105 cm³/mol. The lowest BCUT2D eigenvalue weighted by Crippen LogP contribution is -2.40. The van der Waals surface area contributed by atoms with Gasteiger partial charge in [-0.3, -0.25) is 14.5 Å². The second kappa shape index (κ2) is 8.45. The van der Waals surface area contributed by atoms with Crippen LogP contribution in [-0.4, -0.2) is 52.7 Å². The molecule has 0 aromatic heterocycles. The molecule has 0 unspecified atom stereocenters. The second-order valence-electron chi connectivity index (χ2n) is 8.48. The van der Waals surface area contributed by atoms with E-state index in [1.54, 1.807) is 4.90 Å². The summed E-state index contributed by atoms with van der Waals surface area (Å²) < 4.78 is 0. The summed E-state index contributed by atoms with van der Waals surface area (Å²) in [6.07, 6.45) is 3.24. The van der Waals surface area contributed by atoms with Crippen LogP contribution in [0.4, 0.5) is 4.79 Å². The fourth-order valence-corrected chi connectivity index (χ4v) is 4.74. The number of hydrogen-bond acceptors (Lipinski definition) is 5. The standard InChI is InChI=1S/C22H27N3O5/c26-19(23-12-14-5-7-15(8-6-14)21(28)29)9-10-24-20(27)18-11-16-3-1-2-4-17(16)13-25(18)22(24)30/h1-4,14-15,18H,5-13H2,(H,23,26)(H,28,29)/p-1/t14?,15?,18-/m0/s1. The number of amides is 4. The summed E-state index contributed by atoms with van der Waals surface area (Å²) >= 11 is 0. The van der Waals surface area contributed by atoms with Crippen molar-refractivity contribution in [3.05, 3.63) is 35.4 Å². The van der Waals surface area contributed by atoms with Crippen LogP contribution in [0.1, 0.15) is 43.2 Å².